The maximum atomic E-state index is 12.3. The largest absolute Gasteiger partial charge is 0.464 e. The van der Waals surface area contributed by atoms with Crippen LogP contribution in [0.4, 0.5) is 5.69 Å². The second kappa shape index (κ2) is 6.32. The van der Waals surface area contributed by atoms with Crippen LogP contribution in [0.5, 0.6) is 0 Å². The van der Waals surface area contributed by atoms with E-state index < -0.39 is 0 Å². The van der Waals surface area contributed by atoms with E-state index in [9.17, 15) is 9.59 Å². The van der Waals surface area contributed by atoms with Crippen LogP contribution in [0.3, 0.4) is 0 Å². The van der Waals surface area contributed by atoms with E-state index in [1.165, 1.54) is 6.92 Å². The summed E-state index contributed by atoms with van der Waals surface area (Å²) in [6.45, 7) is 5.55. The van der Waals surface area contributed by atoms with Crippen molar-refractivity contribution >= 4 is 28.3 Å². The van der Waals surface area contributed by atoms with Gasteiger partial charge in [0.25, 0.3) is 0 Å². The van der Waals surface area contributed by atoms with Crippen molar-refractivity contribution in [1.82, 2.24) is 0 Å². The Morgan fingerprint density at radius 2 is 1.92 bits per heavy atom. The summed E-state index contributed by atoms with van der Waals surface area (Å²) in [4.78, 5) is 23.7. The number of amides is 1. The van der Waals surface area contributed by atoms with Crippen molar-refractivity contribution in [2.75, 3.05) is 5.32 Å². The molecule has 3 rings (SSSR count). The Hall–Kier alpha value is -2.88. The normalized spacial score (nSPS) is 10.8. The van der Waals surface area contributed by atoms with Crippen LogP contribution in [0.1, 0.15) is 34.0 Å². The molecule has 0 spiro atoms. The molecule has 0 bridgehead atoms. The minimum atomic E-state index is -0.142. The molecule has 0 aliphatic heterocycles. The lowest BCUT2D eigenvalue weighted by Gasteiger charge is -2.06. The number of carbonyl (C=O) groups excluding carboxylic acids is 2. The van der Waals surface area contributed by atoms with Crippen molar-refractivity contribution in [3.8, 4) is 0 Å². The molecule has 0 aliphatic carbocycles. The number of Topliss-reactive ketones (excluding diaryl/α,β-unsaturated/α-hetero) is 1. The highest BCUT2D eigenvalue weighted by atomic mass is 16.3. The predicted octanol–water partition coefficient (Wildman–Crippen LogP) is 4.43. The third-order valence-electron chi connectivity index (χ3n) is 4.25. The van der Waals surface area contributed by atoms with E-state index >= 15 is 0 Å². The van der Waals surface area contributed by atoms with E-state index in [1.807, 2.05) is 26.0 Å². The Bertz CT molecular complexity index is 937. The van der Waals surface area contributed by atoms with E-state index in [2.05, 4.69) is 5.32 Å². The number of fused-ring (bicyclic) bond motifs is 1. The lowest BCUT2D eigenvalue weighted by molar-refractivity contribution is -0.115. The summed E-state index contributed by atoms with van der Waals surface area (Å²) in [5.74, 6) is -0.172. The molecule has 122 valence electrons. The fourth-order valence-electron chi connectivity index (χ4n) is 2.72. The molecule has 1 amide bonds. The Labute approximate surface area is 140 Å². The third kappa shape index (κ3) is 3.08. The zero-order valence-electron chi connectivity index (χ0n) is 14.0. The maximum Gasteiger partial charge on any atom is 0.228 e. The van der Waals surface area contributed by atoms with Gasteiger partial charge in [0.2, 0.25) is 5.91 Å². The standard InChI is InChI=1S/C20H19NO3/c1-12-7-8-18-16(11-24-20(18)13(12)2)10-19(23)21-17-6-4-5-15(9-17)14(3)22/h4-9,11H,10H2,1-3H3,(H,21,23). The average molecular weight is 321 g/mol. The van der Waals surface area contributed by atoms with Crippen LogP contribution in [0.25, 0.3) is 11.0 Å². The lowest BCUT2D eigenvalue weighted by atomic mass is 10.0. The number of furan rings is 1. The summed E-state index contributed by atoms with van der Waals surface area (Å²) < 4.78 is 5.64. The van der Waals surface area contributed by atoms with Gasteiger partial charge in [0.05, 0.1) is 12.7 Å². The SMILES string of the molecule is CC(=O)c1cccc(NC(=O)Cc2coc3c(C)c(C)ccc23)c1. The van der Waals surface area contributed by atoms with Gasteiger partial charge in [0, 0.05) is 22.2 Å². The Morgan fingerprint density at radius 3 is 2.67 bits per heavy atom. The number of rotatable bonds is 4. The van der Waals surface area contributed by atoms with E-state index in [1.54, 1.807) is 30.5 Å². The number of carbonyl (C=O) groups is 2. The zero-order valence-corrected chi connectivity index (χ0v) is 14.0. The van der Waals surface area contributed by atoms with Gasteiger partial charge in [-0.25, -0.2) is 0 Å². The molecule has 0 atom stereocenters. The lowest BCUT2D eigenvalue weighted by Crippen LogP contribution is -2.14. The maximum absolute atomic E-state index is 12.3. The molecule has 1 aromatic heterocycles. The summed E-state index contributed by atoms with van der Waals surface area (Å²) in [5, 5.41) is 3.80. The summed E-state index contributed by atoms with van der Waals surface area (Å²) in [6, 6.07) is 11.0. The first kappa shape index (κ1) is 16.0. The van der Waals surface area contributed by atoms with Gasteiger partial charge >= 0.3 is 0 Å². The molecule has 0 saturated heterocycles. The van der Waals surface area contributed by atoms with Crippen LogP contribution < -0.4 is 5.32 Å². The quantitative estimate of drug-likeness (QED) is 0.723. The number of anilines is 1. The van der Waals surface area contributed by atoms with E-state index in [-0.39, 0.29) is 18.1 Å². The number of benzene rings is 2. The zero-order chi connectivity index (χ0) is 17.3. The van der Waals surface area contributed by atoms with Crippen molar-refractivity contribution in [1.29, 1.82) is 0 Å². The minimum Gasteiger partial charge on any atom is -0.464 e. The summed E-state index contributed by atoms with van der Waals surface area (Å²) in [7, 11) is 0. The molecule has 0 radical (unpaired) electrons. The van der Waals surface area contributed by atoms with E-state index in [0.717, 1.165) is 27.7 Å². The van der Waals surface area contributed by atoms with Crippen molar-refractivity contribution in [3.05, 3.63) is 64.9 Å². The van der Waals surface area contributed by atoms with Gasteiger partial charge in [0.15, 0.2) is 5.78 Å². The van der Waals surface area contributed by atoms with Crippen molar-refractivity contribution in [3.63, 3.8) is 0 Å². The van der Waals surface area contributed by atoms with Gasteiger partial charge in [-0.1, -0.05) is 24.3 Å². The molecule has 4 heteroatoms. The summed E-state index contributed by atoms with van der Waals surface area (Å²) in [6.07, 6.45) is 1.86. The van der Waals surface area contributed by atoms with Crippen LogP contribution >= 0.6 is 0 Å². The highest BCUT2D eigenvalue weighted by molar-refractivity contribution is 5.98. The van der Waals surface area contributed by atoms with Gasteiger partial charge < -0.3 is 9.73 Å². The first-order valence-corrected chi connectivity index (χ1v) is 7.83. The molecule has 0 fully saturated rings. The molecule has 1 heterocycles. The number of ketones is 1. The molecular formula is C20H19NO3. The Kier molecular flexibility index (Phi) is 4.21. The molecule has 0 unspecified atom stereocenters. The predicted molar refractivity (Wildman–Crippen MR) is 94.5 cm³/mol. The fourth-order valence-corrected chi connectivity index (χ4v) is 2.72. The van der Waals surface area contributed by atoms with Gasteiger partial charge in [-0.05, 0) is 44.0 Å². The van der Waals surface area contributed by atoms with E-state index in [4.69, 9.17) is 4.42 Å². The Balaban J connectivity index is 1.79. The molecular weight excluding hydrogens is 302 g/mol. The van der Waals surface area contributed by atoms with Crippen molar-refractivity contribution < 1.29 is 14.0 Å². The summed E-state index contributed by atoms with van der Waals surface area (Å²) in [5.41, 5.74) is 5.13. The summed E-state index contributed by atoms with van der Waals surface area (Å²) >= 11 is 0. The minimum absolute atomic E-state index is 0.0298. The van der Waals surface area contributed by atoms with Gasteiger partial charge in [0.1, 0.15) is 5.58 Å². The van der Waals surface area contributed by atoms with Crippen molar-refractivity contribution in [2.45, 2.75) is 27.2 Å². The third-order valence-corrected chi connectivity index (χ3v) is 4.25. The first-order chi connectivity index (χ1) is 11.5. The number of hydrogen-bond acceptors (Lipinski definition) is 3. The molecule has 3 aromatic rings. The van der Waals surface area contributed by atoms with Crippen LogP contribution in [0.15, 0.2) is 47.1 Å². The fraction of sp³-hybridized carbons (Fsp3) is 0.200. The highest BCUT2D eigenvalue weighted by Crippen LogP contribution is 2.27. The van der Waals surface area contributed by atoms with Crippen LogP contribution in [-0.4, -0.2) is 11.7 Å². The topological polar surface area (TPSA) is 59.3 Å². The Morgan fingerprint density at radius 1 is 1.12 bits per heavy atom. The second-order valence-corrected chi connectivity index (χ2v) is 6.01. The van der Waals surface area contributed by atoms with Crippen molar-refractivity contribution in [2.24, 2.45) is 0 Å². The molecule has 0 aliphatic rings. The smallest absolute Gasteiger partial charge is 0.228 e. The first-order valence-electron chi connectivity index (χ1n) is 7.83. The molecule has 2 aromatic carbocycles. The molecule has 0 saturated carbocycles. The van der Waals surface area contributed by atoms with Crippen LogP contribution in [0, 0.1) is 13.8 Å². The monoisotopic (exact) mass is 321 g/mol. The number of hydrogen-bond donors (Lipinski definition) is 1. The van der Waals surface area contributed by atoms with Crippen LogP contribution in [-0.2, 0) is 11.2 Å². The average Bonchev–Trinajstić information content (AvgIpc) is 2.94. The molecule has 24 heavy (non-hydrogen) atoms. The van der Waals surface area contributed by atoms with Gasteiger partial charge in [-0.3, -0.25) is 9.59 Å². The highest BCUT2D eigenvalue weighted by Gasteiger charge is 2.13. The number of nitrogens with one attached hydrogen (secondary N) is 1. The van der Waals surface area contributed by atoms with Gasteiger partial charge in [-0.2, -0.15) is 0 Å². The molecule has 4 nitrogen and oxygen atoms in total. The van der Waals surface area contributed by atoms with E-state index in [0.29, 0.717) is 11.3 Å². The second-order valence-electron chi connectivity index (χ2n) is 6.01. The van der Waals surface area contributed by atoms with Gasteiger partial charge in [-0.15, -0.1) is 0 Å². The number of aryl methyl sites for hydroxylation is 2. The molecule has 1 N–H and O–H groups in total. The van der Waals surface area contributed by atoms with Crippen LogP contribution in [0.2, 0.25) is 0 Å².